The van der Waals surface area contributed by atoms with Gasteiger partial charge in [-0.05, 0) is 49.3 Å². The van der Waals surface area contributed by atoms with Crippen molar-refractivity contribution in [3.63, 3.8) is 0 Å². The number of halogens is 1. The Balaban J connectivity index is 1.90. The molecule has 1 saturated carbocycles. The van der Waals surface area contributed by atoms with E-state index in [4.69, 9.17) is 4.74 Å². The zero-order valence-electron chi connectivity index (χ0n) is 10.6. The lowest BCUT2D eigenvalue weighted by Gasteiger charge is -2.30. The van der Waals surface area contributed by atoms with Crippen LogP contribution in [0, 0.1) is 11.3 Å². The number of carboxylic acid groups (broad SMARTS) is 1. The quantitative estimate of drug-likeness (QED) is 0.924. The Morgan fingerprint density at radius 1 is 1.47 bits per heavy atom. The van der Waals surface area contributed by atoms with Gasteiger partial charge >= 0.3 is 5.97 Å². The molecule has 102 valence electrons. The lowest BCUT2D eigenvalue weighted by atomic mass is 9.74. The molecule has 19 heavy (non-hydrogen) atoms. The Morgan fingerprint density at radius 3 is 2.89 bits per heavy atom. The van der Waals surface area contributed by atoms with E-state index in [2.05, 4.69) is 15.9 Å². The molecule has 1 heterocycles. The summed E-state index contributed by atoms with van der Waals surface area (Å²) in [6, 6.07) is 7.92. The molecule has 2 aliphatic rings. The van der Waals surface area contributed by atoms with E-state index < -0.39 is 11.4 Å². The summed E-state index contributed by atoms with van der Waals surface area (Å²) >= 11 is 3.44. The Bertz CT molecular complexity index is 498. The number of hydrogen-bond donors (Lipinski definition) is 1. The number of hydrogen-bond acceptors (Lipinski definition) is 2. The van der Waals surface area contributed by atoms with Crippen molar-refractivity contribution in [1.82, 2.24) is 0 Å². The first-order valence-electron chi connectivity index (χ1n) is 6.71. The molecular formula is C15H17BrO3. The second-order valence-corrected chi connectivity index (χ2v) is 6.56. The van der Waals surface area contributed by atoms with E-state index in [0.717, 1.165) is 22.9 Å². The van der Waals surface area contributed by atoms with Crippen molar-refractivity contribution in [3.8, 4) is 0 Å². The first-order valence-corrected chi connectivity index (χ1v) is 7.50. The van der Waals surface area contributed by atoms with E-state index in [-0.39, 0.29) is 6.10 Å². The minimum atomic E-state index is -0.734. The highest BCUT2D eigenvalue weighted by Crippen LogP contribution is 2.49. The number of rotatable bonds is 4. The summed E-state index contributed by atoms with van der Waals surface area (Å²) in [5, 5.41) is 9.75. The number of carbonyl (C=O) groups is 1. The zero-order valence-corrected chi connectivity index (χ0v) is 12.2. The zero-order chi connectivity index (χ0) is 13.5. The maximum atomic E-state index is 11.9. The normalized spacial score (nSPS) is 30.5. The average molecular weight is 325 g/mol. The van der Waals surface area contributed by atoms with Crippen LogP contribution in [0.2, 0.25) is 0 Å². The lowest BCUT2D eigenvalue weighted by Crippen LogP contribution is -2.42. The number of aliphatic carboxylic acids is 1. The molecule has 1 aliphatic heterocycles. The van der Waals surface area contributed by atoms with E-state index in [1.807, 2.05) is 24.3 Å². The van der Waals surface area contributed by atoms with Crippen molar-refractivity contribution in [2.75, 3.05) is 6.61 Å². The third-order valence-electron chi connectivity index (χ3n) is 4.27. The second kappa shape index (κ2) is 4.91. The summed E-state index contributed by atoms with van der Waals surface area (Å²) in [6.07, 6.45) is 3.29. The van der Waals surface area contributed by atoms with Crippen molar-refractivity contribution in [2.45, 2.75) is 31.8 Å². The van der Waals surface area contributed by atoms with Gasteiger partial charge in [-0.2, -0.15) is 0 Å². The third-order valence-corrected chi connectivity index (χ3v) is 4.77. The molecule has 2 atom stereocenters. The van der Waals surface area contributed by atoms with E-state index >= 15 is 0 Å². The minimum Gasteiger partial charge on any atom is -0.481 e. The first-order chi connectivity index (χ1) is 9.12. The van der Waals surface area contributed by atoms with Crippen molar-refractivity contribution in [2.24, 2.45) is 11.3 Å². The molecular weight excluding hydrogens is 308 g/mol. The molecule has 0 radical (unpaired) electrons. The van der Waals surface area contributed by atoms with Gasteiger partial charge in [-0.25, -0.2) is 0 Å². The van der Waals surface area contributed by atoms with Crippen molar-refractivity contribution >= 4 is 21.9 Å². The Kier molecular flexibility index (Phi) is 3.39. The maximum absolute atomic E-state index is 11.9. The van der Waals surface area contributed by atoms with Crippen molar-refractivity contribution in [1.29, 1.82) is 0 Å². The molecule has 1 N–H and O–H groups in total. The highest BCUT2D eigenvalue weighted by Gasteiger charge is 2.55. The van der Waals surface area contributed by atoms with Gasteiger partial charge in [0.05, 0.1) is 6.10 Å². The monoisotopic (exact) mass is 324 g/mol. The van der Waals surface area contributed by atoms with Crippen LogP contribution < -0.4 is 0 Å². The van der Waals surface area contributed by atoms with Crippen LogP contribution in [0.5, 0.6) is 0 Å². The van der Waals surface area contributed by atoms with E-state index in [9.17, 15) is 9.90 Å². The molecule has 0 aromatic heterocycles. The van der Waals surface area contributed by atoms with E-state index in [1.165, 1.54) is 0 Å². The second-order valence-electron chi connectivity index (χ2n) is 5.65. The molecule has 0 spiro atoms. The molecule has 0 bridgehead atoms. The largest absolute Gasteiger partial charge is 0.481 e. The van der Waals surface area contributed by atoms with Crippen LogP contribution in [-0.4, -0.2) is 23.8 Å². The van der Waals surface area contributed by atoms with Gasteiger partial charge in [0.25, 0.3) is 0 Å². The topological polar surface area (TPSA) is 46.5 Å². The van der Waals surface area contributed by atoms with Crippen LogP contribution in [-0.2, 0) is 16.0 Å². The highest BCUT2D eigenvalue weighted by molar-refractivity contribution is 9.10. The van der Waals surface area contributed by atoms with E-state index in [0.29, 0.717) is 25.4 Å². The van der Waals surface area contributed by atoms with Gasteiger partial charge in [-0.15, -0.1) is 0 Å². The van der Waals surface area contributed by atoms with Crippen LogP contribution in [0.4, 0.5) is 0 Å². The number of carboxylic acids is 1. The molecule has 3 nitrogen and oxygen atoms in total. The van der Waals surface area contributed by atoms with Crippen molar-refractivity contribution in [3.05, 3.63) is 34.3 Å². The molecule has 4 heteroatoms. The fourth-order valence-corrected chi connectivity index (χ4v) is 3.61. The van der Waals surface area contributed by atoms with Crippen LogP contribution >= 0.6 is 15.9 Å². The summed E-state index contributed by atoms with van der Waals surface area (Å²) in [7, 11) is 0. The molecule has 3 rings (SSSR count). The number of benzene rings is 1. The third kappa shape index (κ3) is 2.43. The summed E-state index contributed by atoms with van der Waals surface area (Å²) < 4.78 is 6.76. The van der Waals surface area contributed by atoms with Gasteiger partial charge in [0.2, 0.25) is 0 Å². The molecule has 2 unspecified atom stereocenters. The summed E-state index contributed by atoms with van der Waals surface area (Å²) in [4.78, 5) is 11.9. The predicted octanol–water partition coefficient (Wildman–Crippen LogP) is 3.26. The number of ether oxygens (including phenoxy) is 1. The smallest absolute Gasteiger partial charge is 0.312 e. The van der Waals surface area contributed by atoms with E-state index in [1.54, 1.807) is 0 Å². The maximum Gasteiger partial charge on any atom is 0.312 e. The summed E-state index contributed by atoms with van der Waals surface area (Å²) in [6.45, 7) is 0.571. The fourth-order valence-electron chi connectivity index (χ4n) is 3.16. The fraction of sp³-hybridized carbons (Fsp3) is 0.533. The standard InChI is InChI=1S/C15H17BrO3/c16-12-3-1-2-10(8-12)9-15(14(17)18)6-7-19-13(15)11-4-5-11/h1-3,8,11,13H,4-7,9H2,(H,17,18). The predicted molar refractivity (Wildman–Crippen MR) is 75.0 cm³/mol. The summed E-state index contributed by atoms with van der Waals surface area (Å²) in [5.41, 5.74) is 0.329. The Hall–Kier alpha value is -0.870. The van der Waals surface area contributed by atoms with Gasteiger partial charge in [0.1, 0.15) is 5.41 Å². The summed E-state index contributed by atoms with van der Waals surface area (Å²) in [5.74, 6) is -0.257. The lowest BCUT2D eigenvalue weighted by molar-refractivity contribution is -0.153. The molecule has 0 amide bonds. The van der Waals surface area contributed by atoms with Gasteiger partial charge < -0.3 is 9.84 Å². The molecule has 1 aromatic carbocycles. The van der Waals surface area contributed by atoms with Crippen LogP contribution in [0.25, 0.3) is 0 Å². The van der Waals surface area contributed by atoms with Gasteiger partial charge in [-0.1, -0.05) is 28.1 Å². The molecule has 1 aromatic rings. The molecule has 2 fully saturated rings. The van der Waals surface area contributed by atoms with Gasteiger partial charge in [-0.3, -0.25) is 4.79 Å². The van der Waals surface area contributed by atoms with Crippen LogP contribution in [0.15, 0.2) is 28.7 Å². The first kappa shape index (κ1) is 13.1. The van der Waals surface area contributed by atoms with Crippen LogP contribution in [0.3, 0.4) is 0 Å². The Morgan fingerprint density at radius 2 is 2.26 bits per heavy atom. The Labute approximate surface area is 121 Å². The molecule has 1 aliphatic carbocycles. The van der Waals surface area contributed by atoms with Crippen molar-refractivity contribution < 1.29 is 14.6 Å². The minimum absolute atomic E-state index is 0.107. The highest BCUT2D eigenvalue weighted by atomic mass is 79.9. The van der Waals surface area contributed by atoms with Gasteiger partial charge in [0, 0.05) is 11.1 Å². The van der Waals surface area contributed by atoms with Gasteiger partial charge in [0.15, 0.2) is 0 Å². The average Bonchev–Trinajstić information content (AvgIpc) is 3.11. The molecule has 1 saturated heterocycles. The van der Waals surface area contributed by atoms with Crippen LogP contribution in [0.1, 0.15) is 24.8 Å². The SMILES string of the molecule is O=C(O)C1(Cc2cccc(Br)c2)CCOC1C1CC1.